The number of para-hydroxylation sites is 1. The Hall–Kier alpha value is -3.56. The van der Waals surface area contributed by atoms with Gasteiger partial charge in [-0.15, -0.1) is 0 Å². The zero-order valence-electron chi connectivity index (χ0n) is 12.8. The molecule has 0 atom stereocenters. The molecule has 0 spiro atoms. The number of H-pyrrole nitrogens is 1. The lowest BCUT2D eigenvalue weighted by molar-refractivity contribution is -0.138. The van der Waals surface area contributed by atoms with Crippen LogP contribution in [0.1, 0.15) is 21.7 Å². The van der Waals surface area contributed by atoms with Crippen molar-refractivity contribution in [3.8, 4) is 11.5 Å². The van der Waals surface area contributed by atoms with E-state index >= 15 is 0 Å². The third-order valence-electron chi connectivity index (χ3n) is 3.22. The van der Waals surface area contributed by atoms with E-state index in [-0.39, 0.29) is 17.1 Å². The average molecular weight is 365 g/mol. The van der Waals surface area contributed by atoms with Crippen LogP contribution in [0, 0.1) is 0 Å². The number of aliphatic hydroxyl groups is 1. The Bertz CT molecular complexity index is 946. The van der Waals surface area contributed by atoms with E-state index < -0.39 is 29.0 Å². The van der Waals surface area contributed by atoms with E-state index in [1.807, 2.05) is 0 Å². The highest BCUT2D eigenvalue weighted by Gasteiger charge is 2.34. The highest BCUT2D eigenvalue weighted by atomic mass is 19.4. The number of halogens is 3. The van der Waals surface area contributed by atoms with Crippen molar-refractivity contribution in [2.24, 2.45) is 0 Å². The number of rotatable bonds is 5. The number of aliphatic hydroxyl groups excluding tert-OH is 1. The number of allylic oxidation sites excluding steroid dienone is 1. The number of aromatic amines is 1. The number of nitrogens with one attached hydrogen (secondary N) is 1. The zero-order valence-corrected chi connectivity index (χ0v) is 12.8. The molecule has 2 aromatic heterocycles. The Morgan fingerprint density at radius 3 is 2.69 bits per heavy atom. The molecule has 7 nitrogen and oxygen atoms in total. The van der Waals surface area contributed by atoms with Crippen LogP contribution in [-0.2, 0) is 6.18 Å². The minimum atomic E-state index is -4.63. The monoisotopic (exact) mass is 365 g/mol. The summed E-state index contributed by atoms with van der Waals surface area (Å²) in [5.41, 5.74) is -1.18. The molecule has 0 radical (unpaired) electrons. The number of carbonyl (C=O) groups excluding carboxylic acids is 1. The quantitative estimate of drug-likeness (QED) is 0.403. The van der Waals surface area contributed by atoms with Gasteiger partial charge in [-0.2, -0.15) is 18.3 Å². The van der Waals surface area contributed by atoms with E-state index in [9.17, 15) is 23.1 Å². The molecule has 3 rings (SSSR count). The first-order chi connectivity index (χ1) is 12.4. The van der Waals surface area contributed by atoms with Crippen LogP contribution in [0.5, 0.6) is 11.5 Å². The van der Waals surface area contributed by atoms with E-state index in [1.165, 1.54) is 18.5 Å². The Morgan fingerprint density at radius 1 is 1.23 bits per heavy atom. The van der Waals surface area contributed by atoms with Crippen LogP contribution in [0.3, 0.4) is 0 Å². The molecule has 0 fully saturated rings. The van der Waals surface area contributed by atoms with Gasteiger partial charge in [0, 0.05) is 6.08 Å². The van der Waals surface area contributed by atoms with Crippen molar-refractivity contribution < 1.29 is 32.2 Å². The lowest BCUT2D eigenvalue weighted by Gasteiger charge is -2.12. The van der Waals surface area contributed by atoms with Gasteiger partial charge in [0.25, 0.3) is 0 Å². The van der Waals surface area contributed by atoms with Gasteiger partial charge in [-0.3, -0.25) is 9.89 Å². The van der Waals surface area contributed by atoms with Gasteiger partial charge in [-0.1, -0.05) is 12.1 Å². The molecular weight excluding hydrogens is 355 g/mol. The summed E-state index contributed by atoms with van der Waals surface area (Å²) in [6.45, 7) is 0. The van der Waals surface area contributed by atoms with Crippen LogP contribution in [0.2, 0.25) is 0 Å². The summed E-state index contributed by atoms with van der Waals surface area (Å²) < 4.78 is 49.2. The predicted molar refractivity (Wildman–Crippen MR) is 81.5 cm³/mol. The predicted octanol–water partition coefficient (Wildman–Crippen LogP) is 3.99. The second-order valence-electron chi connectivity index (χ2n) is 4.96. The second kappa shape index (κ2) is 6.75. The topological polar surface area (TPSA) is 101 Å². The Labute approximate surface area is 143 Å². The van der Waals surface area contributed by atoms with Gasteiger partial charge < -0.3 is 14.3 Å². The van der Waals surface area contributed by atoms with Gasteiger partial charge in [0.1, 0.15) is 30.2 Å². The molecule has 2 N–H and O–H groups in total. The van der Waals surface area contributed by atoms with Crippen LogP contribution in [-0.4, -0.2) is 26.1 Å². The van der Waals surface area contributed by atoms with E-state index in [0.717, 1.165) is 30.7 Å². The maximum absolute atomic E-state index is 13.0. The third kappa shape index (κ3) is 3.58. The van der Waals surface area contributed by atoms with Crippen LogP contribution >= 0.6 is 0 Å². The average Bonchev–Trinajstić information content (AvgIpc) is 3.26. The largest absolute Gasteiger partial charge is 0.504 e. The van der Waals surface area contributed by atoms with Crippen LogP contribution in [0.4, 0.5) is 13.2 Å². The lowest BCUT2D eigenvalue weighted by atomic mass is 10.1. The van der Waals surface area contributed by atoms with Gasteiger partial charge >= 0.3 is 6.18 Å². The summed E-state index contributed by atoms with van der Waals surface area (Å²) in [4.78, 5) is 15.9. The molecular formula is C16H10F3N3O4. The molecule has 0 saturated carbocycles. The molecule has 0 amide bonds. The summed E-state index contributed by atoms with van der Waals surface area (Å²) in [6, 6.07) is 4.55. The Balaban J connectivity index is 1.89. The maximum Gasteiger partial charge on any atom is 0.419 e. The molecule has 26 heavy (non-hydrogen) atoms. The second-order valence-corrected chi connectivity index (χ2v) is 4.96. The number of aromatic nitrogens is 3. The van der Waals surface area contributed by atoms with Gasteiger partial charge in [-0.05, 0) is 12.1 Å². The number of hydrogen-bond acceptors (Lipinski definition) is 6. The normalized spacial score (nSPS) is 12.2. The van der Waals surface area contributed by atoms with Crippen LogP contribution in [0.15, 0.2) is 53.6 Å². The van der Waals surface area contributed by atoms with E-state index in [0.29, 0.717) is 0 Å². The van der Waals surface area contributed by atoms with Gasteiger partial charge in [0.05, 0.1) is 5.56 Å². The summed E-state index contributed by atoms with van der Waals surface area (Å²) in [5.74, 6) is -2.13. The molecule has 2 heterocycles. The van der Waals surface area contributed by atoms with Crippen molar-refractivity contribution >= 4 is 11.5 Å². The first-order valence-electron chi connectivity index (χ1n) is 7.07. The highest BCUT2D eigenvalue weighted by Crippen LogP contribution is 2.38. The van der Waals surface area contributed by atoms with Gasteiger partial charge in [0.15, 0.2) is 17.3 Å². The number of alkyl halides is 3. The van der Waals surface area contributed by atoms with Gasteiger partial charge in [-0.25, -0.2) is 4.98 Å². The smallest absolute Gasteiger partial charge is 0.419 e. The maximum atomic E-state index is 13.0. The molecule has 0 saturated heterocycles. The first-order valence-corrected chi connectivity index (χ1v) is 7.07. The number of carbonyl (C=O) groups is 1. The summed E-state index contributed by atoms with van der Waals surface area (Å²) in [6.07, 6.45) is -0.650. The number of ketones is 1. The molecule has 1 aromatic carbocycles. The number of nitrogens with zero attached hydrogens (tertiary/aromatic N) is 2. The fourth-order valence-corrected chi connectivity index (χ4v) is 2.05. The minimum absolute atomic E-state index is 0.119. The third-order valence-corrected chi connectivity index (χ3v) is 3.22. The van der Waals surface area contributed by atoms with Gasteiger partial charge in [0.2, 0.25) is 5.82 Å². The summed E-state index contributed by atoms with van der Waals surface area (Å²) in [7, 11) is 0. The van der Waals surface area contributed by atoms with Crippen LogP contribution in [0.25, 0.3) is 5.76 Å². The summed E-state index contributed by atoms with van der Waals surface area (Å²) in [5, 5.41) is 15.7. The summed E-state index contributed by atoms with van der Waals surface area (Å²) >= 11 is 0. The molecule has 0 unspecified atom stereocenters. The molecule has 0 aliphatic rings. The SMILES string of the molecule is O=C(C=C(O)c1nc[nH]n1)c1cocc1Oc1ccccc1C(F)(F)F. The minimum Gasteiger partial charge on any atom is -0.504 e. The van der Waals surface area contributed by atoms with Crippen molar-refractivity contribution in [2.45, 2.75) is 6.18 Å². The lowest BCUT2D eigenvalue weighted by Crippen LogP contribution is -2.07. The molecule has 0 aliphatic carbocycles. The van der Waals surface area contributed by atoms with Crippen molar-refractivity contribution in [3.63, 3.8) is 0 Å². The number of ether oxygens (including phenoxy) is 1. The van der Waals surface area contributed by atoms with E-state index in [1.54, 1.807) is 0 Å². The number of hydrogen-bond donors (Lipinski definition) is 2. The first kappa shape index (κ1) is 17.3. The Morgan fingerprint density at radius 2 is 2.00 bits per heavy atom. The highest BCUT2D eigenvalue weighted by molar-refractivity contribution is 6.09. The molecule has 0 bridgehead atoms. The van der Waals surface area contributed by atoms with Crippen LogP contribution < -0.4 is 4.74 Å². The fraction of sp³-hybridized carbons (Fsp3) is 0.0625. The van der Waals surface area contributed by atoms with Crippen molar-refractivity contribution in [1.29, 1.82) is 0 Å². The number of furan rings is 1. The molecule has 134 valence electrons. The van der Waals surface area contributed by atoms with E-state index in [4.69, 9.17) is 9.15 Å². The van der Waals surface area contributed by atoms with Crippen molar-refractivity contribution in [1.82, 2.24) is 15.2 Å². The molecule has 0 aliphatic heterocycles. The van der Waals surface area contributed by atoms with Crippen molar-refractivity contribution in [2.75, 3.05) is 0 Å². The zero-order chi connectivity index (χ0) is 18.7. The fourth-order valence-electron chi connectivity index (χ4n) is 2.05. The number of benzene rings is 1. The molecule has 3 aromatic rings. The standard InChI is InChI=1S/C16H10F3N3O4/c17-16(18,19)10-3-1-2-4-13(10)26-14-7-25-6-9(14)11(23)5-12(24)15-20-8-21-22-15/h1-8,24H,(H,20,21,22). The Kier molecular flexibility index (Phi) is 4.48. The van der Waals surface area contributed by atoms with Crippen molar-refractivity contribution in [3.05, 3.63) is 66.1 Å². The molecule has 10 heteroatoms. The van der Waals surface area contributed by atoms with E-state index in [2.05, 4.69) is 15.2 Å².